The van der Waals surface area contributed by atoms with Crippen LogP contribution in [0, 0.1) is 11.3 Å². The van der Waals surface area contributed by atoms with Crippen LogP contribution in [0.25, 0.3) is 0 Å². The summed E-state index contributed by atoms with van der Waals surface area (Å²) in [6, 6.07) is 4.23. The summed E-state index contributed by atoms with van der Waals surface area (Å²) in [4.78, 5) is 0. The van der Waals surface area contributed by atoms with Crippen molar-refractivity contribution in [2.75, 3.05) is 0 Å². The van der Waals surface area contributed by atoms with Crippen LogP contribution in [-0.4, -0.2) is 4.57 Å². The lowest BCUT2D eigenvalue weighted by Gasteiger charge is -2.15. The van der Waals surface area contributed by atoms with Gasteiger partial charge in [0, 0.05) is 12.7 Å². The molecule has 0 aliphatic heterocycles. The highest BCUT2D eigenvalue weighted by atomic mass is 15.0. The van der Waals surface area contributed by atoms with Gasteiger partial charge in [0.1, 0.15) is 11.8 Å². The van der Waals surface area contributed by atoms with E-state index in [1.165, 1.54) is 5.56 Å². The lowest BCUT2D eigenvalue weighted by Crippen LogP contribution is -2.09. The molecule has 0 aromatic carbocycles. The SMILES string of the molecule is CCCn1cc(C(C)(C)C)cc1C#N. The van der Waals surface area contributed by atoms with Gasteiger partial charge in [-0.3, -0.25) is 0 Å². The first-order chi connectivity index (χ1) is 6.49. The number of aryl methyl sites for hydroxylation is 1. The van der Waals surface area contributed by atoms with Gasteiger partial charge in [0.05, 0.1) is 0 Å². The molecule has 1 aromatic rings. The molecular weight excluding hydrogens is 172 g/mol. The Labute approximate surface area is 86.2 Å². The number of aromatic nitrogens is 1. The van der Waals surface area contributed by atoms with E-state index in [4.69, 9.17) is 5.26 Å². The lowest BCUT2D eigenvalue weighted by atomic mass is 9.89. The summed E-state index contributed by atoms with van der Waals surface area (Å²) in [5.41, 5.74) is 2.14. The third-order valence-electron chi connectivity index (χ3n) is 2.34. The molecule has 0 atom stereocenters. The molecular formula is C12H18N2. The van der Waals surface area contributed by atoms with Crippen LogP contribution in [0.2, 0.25) is 0 Å². The Morgan fingerprint density at radius 1 is 1.43 bits per heavy atom. The van der Waals surface area contributed by atoms with Gasteiger partial charge >= 0.3 is 0 Å². The first kappa shape index (κ1) is 10.8. The van der Waals surface area contributed by atoms with Crippen LogP contribution in [0.1, 0.15) is 45.4 Å². The molecule has 2 nitrogen and oxygen atoms in total. The molecule has 0 unspecified atom stereocenters. The van der Waals surface area contributed by atoms with Gasteiger partial charge in [-0.05, 0) is 23.5 Å². The summed E-state index contributed by atoms with van der Waals surface area (Å²) in [7, 11) is 0. The highest BCUT2D eigenvalue weighted by Gasteiger charge is 2.17. The molecule has 0 N–H and O–H groups in total. The third kappa shape index (κ3) is 2.17. The van der Waals surface area contributed by atoms with E-state index in [0.717, 1.165) is 18.7 Å². The minimum Gasteiger partial charge on any atom is -0.339 e. The van der Waals surface area contributed by atoms with Crippen molar-refractivity contribution in [3.8, 4) is 6.07 Å². The minimum atomic E-state index is 0.130. The van der Waals surface area contributed by atoms with Gasteiger partial charge in [-0.25, -0.2) is 0 Å². The monoisotopic (exact) mass is 190 g/mol. The van der Waals surface area contributed by atoms with Crippen LogP contribution in [0.3, 0.4) is 0 Å². The second-order valence-corrected chi connectivity index (χ2v) is 4.67. The van der Waals surface area contributed by atoms with Gasteiger partial charge in [-0.1, -0.05) is 27.7 Å². The predicted molar refractivity (Wildman–Crippen MR) is 58.1 cm³/mol. The molecule has 0 spiro atoms. The van der Waals surface area contributed by atoms with E-state index in [0.29, 0.717) is 0 Å². The average molecular weight is 190 g/mol. The Bertz CT molecular complexity index is 347. The van der Waals surface area contributed by atoms with Gasteiger partial charge in [-0.2, -0.15) is 5.26 Å². The molecule has 76 valence electrons. The fraction of sp³-hybridized carbons (Fsp3) is 0.583. The largest absolute Gasteiger partial charge is 0.339 e. The Morgan fingerprint density at radius 2 is 2.07 bits per heavy atom. The third-order valence-corrected chi connectivity index (χ3v) is 2.34. The van der Waals surface area contributed by atoms with Gasteiger partial charge in [0.2, 0.25) is 0 Å². The van der Waals surface area contributed by atoms with Gasteiger partial charge < -0.3 is 4.57 Å². The number of nitrogens with zero attached hydrogens (tertiary/aromatic N) is 2. The van der Waals surface area contributed by atoms with Crippen molar-refractivity contribution < 1.29 is 0 Å². The van der Waals surface area contributed by atoms with Crippen LogP contribution in [0.15, 0.2) is 12.3 Å². The molecule has 2 heteroatoms. The summed E-state index contributed by atoms with van der Waals surface area (Å²) in [5.74, 6) is 0. The number of hydrogen-bond donors (Lipinski definition) is 0. The summed E-state index contributed by atoms with van der Waals surface area (Å²) in [6.45, 7) is 9.55. The summed E-state index contributed by atoms with van der Waals surface area (Å²) >= 11 is 0. The fourth-order valence-corrected chi connectivity index (χ4v) is 1.44. The topological polar surface area (TPSA) is 28.7 Å². The van der Waals surface area contributed by atoms with Gasteiger partial charge in [0.25, 0.3) is 0 Å². The van der Waals surface area contributed by atoms with Crippen molar-refractivity contribution >= 4 is 0 Å². The van der Waals surface area contributed by atoms with E-state index in [-0.39, 0.29) is 5.41 Å². The zero-order valence-electron chi connectivity index (χ0n) is 9.46. The quantitative estimate of drug-likeness (QED) is 0.704. The zero-order chi connectivity index (χ0) is 10.8. The Morgan fingerprint density at radius 3 is 2.50 bits per heavy atom. The second-order valence-electron chi connectivity index (χ2n) is 4.67. The van der Waals surface area contributed by atoms with E-state index < -0.39 is 0 Å². The molecule has 14 heavy (non-hydrogen) atoms. The molecule has 0 saturated heterocycles. The number of rotatable bonds is 2. The molecule has 0 aliphatic carbocycles. The van der Waals surface area contributed by atoms with Crippen molar-refractivity contribution in [2.24, 2.45) is 0 Å². The van der Waals surface area contributed by atoms with Crippen molar-refractivity contribution in [1.82, 2.24) is 4.57 Å². The van der Waals surface area contributed by atoms with Crippen molar-refractivity contribution in [3.63, 3.8) is 0 Å². The average Bonchev–Trinajstić information content (AvgIpc) is 2.47. The van der Waals surface area contributed by atoms with Crippen LogP contribution < -0.4 is 0 Å². The smallest absolute Gasteiger partial charge is 0.120 e. The van der Waals surface area contributed by atoms with Crippen LogP contribution in [0.4, 0.5) is 0 Å². The predicted octanol–water partition coefficient (Wildman–Crippen LogP) is 3.07. The molecule has 0 bridgehead atoms. The van der Waals surface area contributed by atoms with Crippen LogP contribution in [-0.2, 0) is 12.0 Å². The molecule has 0 saturated carbocycles. The molecule has 0 fully saturated rings. The Kier molecular flexibility index (Phi) is 3.00. The highest BCUT2D eigenvalue weighted by Crippen LogP contribution is 2.24. The molecule has 1 heterocycles. The maximum atomic E-state index is 8.95. The van der Waals surface area contributed by atoms with Crippen molar-refractivity contribution in [3.05, 3.63) is 23.5 Å². The van der Waals surface area contributed by atoms with E-state index >= 15 is 0 Å². The lowest BCUT2D eigenvalue weighted by molar-refractivity contribution is 0.584. The first-order valence-corrected chi connectivity index (χ1v) is 5.09. The normalized spacial score (nSPS) is 11.4. The van der Waals surface area contributed by atoms with Crippen molar-refractivity contribution in [1.29, 1.82) is 5.26 Å². The molecule has 1 aromatic heterocycles. The molecule has 0 aliphatic rings. The summed E-state index contributed by atoms with van der Waals surface area (Å²) in [6.07, 6.45) is 3.16. The number of nitriles is 1. The summed E-state index contributed by atoms with van der Waals surface area (Å²) < 4.78 is 2.04. The van der Waals surface area contributed by atoms with E-state index in [1.807, 2.05) is 10.6 Å². The van der Waals surface area contributed by atoms with Gasteiger partial charge in [-0.15, -0.1) is 0 Å². The molecule has 0 amide bonds. The standard InChI is InChI=1S/C12H18N2/c1-5-6-14-9-10(12(2,3)4)7-11(14)8-13/h7,9H,5-6H2,1-4H3. The van der Waals surface area contributed by atoms with E-state index in [1.54, 1.807) is 0 Å². The first-order valence-electron chi connectivity index (χ1n) is 5.09. The van der Waals surface area contributed by atoms with Crippen molar-refractivity contribution in [2.45, 2.75) is 46.1 Å². The summed E-state index contributed by atoms with van der Waals surface area (Å²) in [5, 5.41) is 8.95. The molecule has 0 radical (unpaired) electrons. The van der Waals surface area contributed by atoms with Crippen LogP contribution in [0.5, 0.6) is 0 Å². The minimum absolute atomic E-state index is 0.130. The maximum Gasteiger partial charge on any atom is 0.120 e. The second kappa shape index (κ2) is 3.88. The Balaban J connectivity index is 3.08. The molecule has 1 rings (SSSR count). The Hall–Kier alpha value is -1.23. The zero-order valence-corrected chi connectivity index (χ0v) is 9.46. The van der Waals surface area contributed by atoms with E-state index in [2.05, 4.69) is 40.0 Å². The van der Waals surface area contributed by atoms with Crippen LogP contribution >= 0.6 is 0 Å². The van der Waals surface area contributed by atoms with E-state index in [9.17, 15) is 0 Å². The fourth-order valence-electron chi connectivity index (χ4n) is 1.44. The number of hydrogen-bond acceptors (Lipinski definition) is 1. The maximum absolute atomic E-state index is 8.95. The van der Waals surface area contributed by atoms with Gasteiger partial charge in [0.15, 0.2) is 0 Å². The highest BCUT2D eigenvalue weighted by molar-refractivity contribution is 5.32.